The second-order valence-electron chi connectivity index (χ2n) is 7.33. The summed E-state index contributed by atoms with van der Waals surface area (Å²) in [6, 6.07) is 12.3. The lowest BCUT2D eigenvalue weighted by Crippen LogP contribution is -2.50. The molecule has 7 heteroatoms. The van der Waals surface area contributed by atoms with E-state index in [0.717, 1.165) is 48.7 Å². The number of carbonyl (C=O) groups excluding carboxylic acids is 2. The quantitative estimate of drug-likeness (QED) is 0.784. The maximum absolute atomic E-state index is 13.1. The highest BCUT2D eigenvalue weighted by molar-refractivity contribution is 5.95. The molecule has 1 saturated heterocycles. The highest BCUT2D eigenvalue weighted by atomic mass is 19.1. The fourth-order valence-electron chi connectivity index (χ4n) is 3.45. The lowest BCUT2D eigenvalue weighted by Gasteiger charge is -2.35. The van der Waals surface area contributed by atoms with E-state index in [-0.39, 0.29) is 30.7 Å². The first-order valence-electron chi connectivity index (χ1n) is 9.78. The number of benzene rings is 2. The number of halogens is 1. The van der Waals surface area contributed by atoms with Crippen molar-refractivity contribution in [3.05, 3.63) is 59.4 Å². The Hall–Kier alpha value is -2.93. The van der Waals surface area contributed by atoms with Crippen molar-refractivity contribution in [3.8, 4) is 0 Å². The van der Waals surface area contributed by atoms with Crippen LogP contribution in [0.25, 0.3) is 0 Å². The van der Waals surface area contributed by atoms with E-state index in [4.69, 9.17) is 0 Å². The van der Waals surface area contributed by atoms with E-state index in [1.807, 2.05) is 32.0 Å². The van der Waals surface area contributed by atoms with Gasteiger partial charge in [-0.3, -0.25) is 14.5 Å². The van der Waals surface area contributed by atoms with Crippen molar-refractivity contribution in [2.75, 3.05) is 49.5 Å². The molecular weight excluding hydrogens is 371 g/mol. The Morgan fingerprint density at radius 2 is 1.55 bits per heavy atom. The van der Waals surface area contributed by atoms with E-state index < -0.39 is 0 Å². The minimum Gasteiger partial charge on any atom is -0.369 e. The summed E-state index contributed by atoms with van der Waals surface area (Å²) in [5.74, 6) is -0.653. The van der Waals surface area contributed by atoms with Crippen LogP contribution in [0.3, 0.4) is 0 Å². The molecule has 0 aromatic heterocycles. The summed E-state index contributed by atoms with van der Waals surface area (Å²) in [5.41, 5.74) is 3.76. The van der Waals surface area contributed by atoms with Gasteiger partial charge in [0.15, 0.2) is 0 Å². The third-order valence-corrected chi connectivity index (χ3v) is 5.12. The Morgan fingerprint density at radius 1 is 0.931 bits per heavy atom. The van der Waals surface area contributed by atoms with Crippen molar-refractivity contribution in [2.45, 2.75) is 13.8 Å². The molecule has 29 heavy (non-hydrogen) atoms. The number of carbonyl (C=O) groups is 2. The third kappa shape index (κ3) is 5.77. The van der Waals surface area contributed by atoms with E-state index in [1.54, 1.807) is 12.1 Å². The summed E-state index contributed by atoms with van der Waals surface area (Å²) in [5, 5.41) is 5.55. The Balaban J connectivity index is 1.40. The Kier molecular flexibility index (Phi) is 6.82. The van der Waals surface area contributed by atoms with Crippen LogP contribution in [-0.2, 0) is 9.59 Å². The number of hydrogen-bond donors (Lipinski definition) is 2. The lowest BCUT2D eigenvalue weighted by molar-refractivity contribution is -0.125. The molecule has 1 fully saturated rings. The molecule has 2 aromatic rings. The van der Waals surface area contributed by atoms with Crippen molar-refractivity contribution < 1.29 is 14.0 Å². The normalized spacial score (nSPS) is 14.5. The maximum Gasteiger partial charge on any atom is 0.243 e. The molecule has 1 aliphatic rings. The van der Waals surface area contributed by atoms with Gasteiger partial charge in [-0.1, -0.05) is 18.2 Å². The van der Waals surface area contributed by atoms with E-state index in [0.29, 0.717) is 0 Å². The second kappa shape index (κ2) is 9.52. The molecule has 2 amide bonds. The SMILES string of the molecule is Cc1cccc(C)c1NC(=O)CNC(=O)CN1CCN(c2ccc(F)cc2)CC1. The van der Waals surface area contributed by atoms with Crippen molar-refractivity contribution in [3.63, 3.8) is 0 Å². The molecule has 0 saturated carbocycles. The molecule has 3 rings (SSSR count). The molecule has 1 aliphatic heterocycles. The molecule has 0 radical (unpaired) electrons. The third-order valence-electron chi connectivity index (χ3n) is 5.12. The number of anilines is 2. The largest absolute Gasteiger partial charge is 0.369 e. The van der Waals surface area contributed by atoms with Crippen molar-refractivity contribution >= 4 is 23.2 Å². The van der Waals surface area contributed by atoms with Gasteiger partial charge in [0.1, 0.15) is 5.82 Å². The highest BCUT2D eigenvalue weighted by Gasteiger charge is 2.19. The second-order valence-corrected chi connectivity index (χ2v) is 7.33. The minimum absolute atomic E-state index is 0.0534. The first kappa shape index (κ1) is 20.8. The van der Waals surface area contributed by atoms with Crippen molar-refractivity contribution in [2.24, 2.45) is 0 Å². The zero-order chi connectivity index (χ0) is 20.8. The van der Waals surface area contributed by atoms with Crippen LogP contribution < -0.4 is 15.5 Å². The van der Waals surface area contributed by atoms with E-state index >= 15 is 0 Å². The molecule has 2 aromatic carbocycles. The molecule has 154 valence electrons. The molecule has 6 nitrogen and oxygen atoms in total. The maximum atomic E-state index is 13.1. The number of piperazine rings is 1. The van der Waals surface area contributed by atoms with Gasteiger partial charge in [0.25, 0.3) is 0 Å². The molecular formula is C22H27FN4O2. The summed E-state index contributed by atoms with van der Waals surface area (Å²) in [6.45, 7) is 7.09. The van der Waals surface area contributed by atoms with Gasteiger partial charge in [-0.15, -0.1) is 0 Å². The van der Waals surface area contributed by atoms with Crippen LogP contribution in [0.1, 0.15) is 11.1 Å². The van der Waals surface area contributed by atoms with Crippen molar-refractivity contribution in [1.29, 1.82) is 0 Å². The fourth-order valence-corrected chi connectivity index (χ4v) is 3.45. The summed E-state index contributed by atoms with van der Waals surface area (Å²) < 4.78 is 13.1. The highest BCUT2D eigenvalue weighted by Crippen LogP contribution is 2.19. The number of amides is 2. The zero-order valence-corrected chi connectivity index (χ0v) is 16.9. The van der Waals surface area contributed by atoms with Crippen LogP contribution in [-0.4, -0.2) is 56.0 Å². The van der Waals surface area contributed by atoms with Gasteiger partial charge in [0, 0.05) is 37.6 Å². The number of aryl methyl sites for hydroxylation is 2. The van der Waals surface area contributed by atoms with Gasteiger partial charge >= 0.3 is 0 Å². The van der Waals surface area contributed by atoms with E-state index in [9.17, 15) is 14.0 Å². The summed E-state index contributed by atoms with van der Waals surface area (Å²) in [6.07, 6.45) is 0. The monoisotopic (exact) mass is 398 g/mol. The van der Waals surface area contributed by atoms with Crippen LogP contribution in [0.15, 0.2) is 42.5 Å². The topological polar surface area (TPSA) is 64.7 Å². The Morgan fingerprint density at radius 3 is 2.17 bits per heavy atom. The first-order chi connectivity index (χ1) is 13.9. The standard InChI is InChI=1S/C22H27FN4O2/c1-16-4-3-5-17(2)22(16)25-20(28)14-24-21(29)15-26-10-12-27(13-11-26)19-8-6-18(23)7-9-19/h3-9H,10-15H2,1-2H3,(H,24,29)(H,25,28). The van der Waals surface area contributed by atoms with Gasteiger partial charge in [0.2, 0.25) is 11.8 Å². The summed E-state index contributed by atoms with van der Waals surface area (Å²) >= 11 is 0. The number of rotatable bonds is 6. The minimum atomic E-state index is -0.245. The zero-order valence-electron chi connectivity index (χ0n) is 16.9. The van der Waals surface area contributed by atoms with Gasteiger partial charge in [-0.05, 0) is 49.2 Å². The van der Waals surface area contributed by atoms with Crippen LogP contribution in [0.4, 0.5) is 15.8 Å². The van der Waals surface area contributed by atoms with Crippen molar-refractivity contribution in [1.82, 2.24) is 10.2 Å². The van der Waals surface area contributed by atoms with Crippen LogP contribution in [0, 0.1) is 19.7 Å². The first-order valence-corrected chi connectivity index (χ1v) is 9.78. The summed E-state index contributed by atoms with van der Waals surface area (Å²) in [7, 11) is 0. The van der Waals surface area contributed by atoms with Gasteiger partial charge in [0.05, 0.1) is 13.1 Å². The Labute approximate surface area is 170 Å². The lowest BCUT2D eigenvalue weighted by atomic mass is 10.1. The number of nitrogens with zero attached hydrogens (tertiary/aromatic N) is 2. The number of para-hydroxylation sites is 1. The Bertz CT molecular complexity index is 841. The van der Waals surface area contributed by atoms with E-state index in [1.165, 1.54) is 12.1 Å². The van der Waals surface area contributed by atoms with Gasteiger partial charge in [-0.25, -0.2) is 4.39 Å². The average molecular weight is 398 g/mol. The average Bonchev–Trinajstić information content (AvgIpc) is 2.71. The summed E-state index contributed by atoms with van der Waals surface area (Å²) in [4.78, 5) is 28.6. The predicted molar refractivity (Wildman–Crippen MR) is 113 cm³/mol. The number of nitrogens with one attached hydrogen (secondary N) is 2. The molecule has 0 atom stereocenters. The molecule has 0 spiro atoms. The molecule has 1 heterocycles. The fraction of sp³-hybridized carbons (Fsp3) is 0.364. The van der Waals surface area contributed by atoms with Crippen LogP contribution in [0.5, 0.6) is 0 Å². The van der Waals surface area contributed by atoms with E-state index in [2.05, 4.69) is 20.4 Å². The predicted octanol–water partition coefficient (Wildman–Crippen LogP) is 2.32. The molecule has 0 unspecified atom stereocenters. The number of hydrogen-bond acceptors (Lipinski definition) is 4. The smallest absolute Gasteiger partial charge is 0.243 e. The molecule has 0 aliphatic carbocycles. The van der Waals surface area contributed by atoms with Crippen LogP contribution in [0.2, 0.25) is 0 Å². The van der Waals surface area contributed by atoms with Crippen LogP contribution >= 0.6 is 0 Å². The molecule has 0 bridgehead atoms. The molecule has 2 N–H and O–H groups in total. The van der Waals surface area contributed by atoms with Gasteiger partial charge < -0.3 is 15.5 Å². The van der Waals surface area contributed by atoms with Gasteiger partial charge in [-0.2, -0.15) is 0 Å².